The Morgan fingerprint density at radius 3 is 1.41 bits per heavy atom. The molecule has 2 heteroatoms. The van der Waals surface area contributed by atoms with Crippen molar-refractivity contribution in [3.63, 3.8) is 0 Å². The van der Waals surface area contributed by atoms with Gasteiger partial charge in [0.2, 0.25) is 0 Å². The van der Waals surface area contributed by atoms with Crippen molar-refractivity contribution in [2.75, 3.05) is 5.50 Å². The van der Waals surface area contributed by atoms with E-state index in [1.165, 1.54) is 21.5 Å². The fourth-order valence-corrected chi connectivity index (χ4v) is 5.09. The molecule has 2 aromatic rings. The van der Waals surface area contributed by atoms with Gasteiger partial charge in [0.15, 0.2) is 0 Å². The molecule has 0 saturated heterocycles. The van der Waals surface area contributed by atoms with Gasteiger partial charge < -0.3 is 0 Å². The van der Waals surface area contributed by atoms with E-state index in [1.54, 1.807) is 0 Å². The van der Waals surface area contributed by atoms with E-state index in [0.717, 1.165) is 5.50 Å². The lowest BCUT2D eigenvalue weighted by atomic mass is 10.2. The van der Waals surface area contributed by atoms with Crippen molar-refractivity contribution in [2.24, 2.45) is 0 Å². The van der Waals surface area contributed by atoms with Gasteiger partial charge in [-0.25, -0.2) is 0 Å². The van der Waals surface area contributed by atoms with E-state index >= 15 is 0 Å². The zero-order valence-electron chi connectivity index (χ0n) is 10.3. The van der Waals surface area contributed by atoms with Crippen LogP contribution in [0.25, 0.3) is 0 Å². The third kappa shape index (κ3) is 2.99. The molecule has 0 aliphatic heterocycles. The molecule has 0 atom stereocenters. The van der Waals surface area contributed by atoms with Crippen molar-refractivity contribution in [2.45, 2.75) is 13.8 Å². The maximum Gasteiger partial charge on any atom is 0.117 e. The summed E-state index contributed by atoms with van der Waals surface area (Å²) in [4.78, 5) is 0. The van der Waals surface area contributed by atoms with Crippen molar-refractivity contribution < 1.29 is 0 Å². The van der Waals surface area contributed by atoms with E-state index in [-0.39, 0.29) is 0 Å². The first kappa shape index (κ1) is 12.4. The average molecular weight is 261 g/mol. The predicted molar refractivity (Wildman–Crippen MR) is 79.5 cm³/mol. The van der Waals surface area contributed by atoms with Gasteiger partial charge in [-0.15, -0.1) is 11.6 Å². The molecule has 0 nitrogen and oxygen atoms in total. The first-order valence-electron chi connectivity index (χ1n) is 5.90. The SMILES string of the molecule is Cc1ccc([SiH](CCl)c2ccc(C)cc2)cc1. The van der Waals surface area contributed by atoms with Crippen molar-refractivity contribution >= 4 is 30.8 Å². The standard InChI is InChI=1S/C15H17ClSi/c1-12-3-7-14(8-4-12)17(11-16)15-9-5-13(2)6-10-15/h3-10,17H,11H2,1-2H3. The van der Waals surface area contributed by atoms with Crippen molar-refractivity contribution in [1.82, 2.24) is 0 Å². The highest BCUT2D eigenvalue weighted by Crippen LogP contribution is 2.00. The van der Waals surface area contributed by atoms with Gasteiger partial charge in [0.1, 0.15) is 8.80 Å². The van der Waals surface area contributed by atoms with Gasteiger partial charge in [0.05, 0.1) is 0 Å². The maximum absolute atomic E-state index is 6.18. The average Bonchev–Trinajstić information content (AvgIpc) is 2.35. The van der Waals surface area contributed by atoms with Crippen LogP contribution in [0.2, 0.25) is 0 Å². The Morgan fingerprint density at radius 1 is 0.765 bits per heavy atom. The first-order chi connectivity index (χ1) is 8.20. The van der Waals surface area contributed by atoms with Crippen LogP contribution in [0.3, 0.4) is 0 Å². The second-order valence-corrected chi connectivity index (χ2v) is 8.20. The van der Waals surface area contributed by atoms with Crippen LogP contribution in [0.5, 0.6) is 0 Å². The Bertz CT molecular complexity index is 428. The Kier molecular flexibility index (Phi) is 4.03. The van der Waals surface area contributed by atoms with Gasteiger partial charge in [0, 0.05) is 5.50 Å². The summed E-state index contributed by atoms with van der Waals surface area (Å²) >= 11 is 6.18. The molecule has 0 aliphatic rings. The minimum absolute atomic E-state index is 0.756. The van der Waals surface area contributed by atoms with Crippen molar-refractivity contribution in [3.8, 4) is 0 Å². The Morgan fingerprint density at radius 2 is 1.12 bits per heavy atom. The molecule has 0 unspecified atom stereocenters. The lowest BCUT2D eigenvalue weighted by Gasteiger charge is -2.13. The third-order valence-corrected chi connectivity index (χ3v) is 6.73. The zero-order chi connectivity index (χ0) is 12.3. The van der Waals surface area contributed by atoms with Gasteiger partial charge in [-0.2, -0.15) is 0 Å². The molecule has 0 aliphatic carbocycles. The topological polar surface area (TPSA) is 0 Å². The molecule has 88 valence electrons. The van der Waals surface area contributed by atoms with E-state index < -0.39 is 8.80 Å². The summed E-state index contributed by atoms with van der Waals surface area (Å²) in [5.74, 6) is 0. The summed E-state index contributed by atoms with van der Waals surface area (Å²) in [6.45, 7) is 4.24. The van der Waals surface area contributed by atoms with E-state index in [4.69, 9.17) is 11.6 Å². The highest BCUT2D eigenvalue weighted by Gasteiger charge is 2.14. The fraction of sp³-hybridized carbons (Fsp3) is 0.200. The van der Waals surface area contributed by atoms with Crippen LogP contribution >= 0.6 is 11.6 Å². The molecule has 0 bridgehead atoms. The summed E-state index contributed by atoms with van der Waals surface area (Å²) < 4.78 is 0. The summed E-state index contributed by atoms with van der Waals surface area (Å²) in [5.41, 5.74) is 3.37. The van der Waals surface area contributed by atoms with Gasteiger partial charge in [-0.3, -0.25) is 0 Å². The smallest absolute Gasteiger partial charge is 0.117 e. The first-order valence-corrected chi connectivity index (χ1v) is 8.40. The van der Waals surface area contributed by atoms with Crippen molar-refractivity contribution in [1.29, 1.82) is 0 Å². The molecule has 0 heterocycles. The number of benzene rings is 2. The molecular weight excluding hydrogens is 244 g/mol. The minimum atomic E-state index is -1.21. The normalized spacial score (nSPS) is 10.8. The van der Waals surface area contributed by atoms with Gasteiger partial charge in [0.25, 0.3) is 0 Å². The Labute approximate surface area is 110 Å². The third-order valence-electron chi connectivity index (χ3n) is 3.11. The summed E-state index contributed by atoms with van der Waals surface area (Å²) in [5, 5.41) is 2.85. The van der Waals surface area contributed by atoms with Gasteiger partial charge in [-0.1, -0.05) is 70.0 Å². The van der Waals surface area contributed by atoms with Gasteiger partial charge >= 0.3 is 0 Å². The molecule has 0 N–H and O–H groups in total. The van der Waals surface area contributed by atoms with E-state index in [1.807, 2.05) is 0 Å². The number of hydrogen-bond donors (Lipinski definition) is 0. The molecule has 0 amide bonds. The van der Waals surface area contributed by atoms with E-state index in [9.17, 15) is 0 Å². The lowest BCUT2D eigenvalue weighted by molar-refractivity contribution is 1.48. The van der Waals surface area contributed by atoms with Crippen LogP contribution in [0.4, 0.5) is 0 Å². The molecule has 0 aromatic heterocycles. The Balaban J connectivity index is 2.33. The number of halogens is 1. The van der Waals surface area contributed by atoms with Crippen LogP contribution in [-0.2, 0) is 0 Å². The molecule has 17 heavy (non-hydrogen) atoms. The van der Waals surface area contributed by atoms with Crippen molar-refractivity contribution in [3.05, 3.63) is 59.7 Å². The zero-order valence-corrected chi connectivity index (χ0v) is 12.2. The number of hydrogen-bond acceptors (Lipinski definition) is 0. The number of alkyl halides is 1. The van der Waals surface area contributed by atoms with E-state index in [2.05, 4.69) is 62.4 Å². The monoisotopic (exact) mass is 260 g/mol. The summed E-state index contributed by atoms with van der Waals surface area (Å²) in [6.07, 6.45) is 0. The molecule has 2 aromatic carbocycles. The second kappa shape index (κ2) is 5.52. The maximum atomic E-state index is 6.18. The van der Waals surface area contributed by atoms with Crippen LogP contribution < -0.4 is 10.4 Å². The van der Waals surface area contributed by atoms with Crippen LogP contribution in [0.1, 0.15) is 11.1 Å². The minimum Gasteiger partial charge on any atom is -0.130 e. The molecular formula is C15H17ClSi. The van der Waals surface area contributed by atoms with E-state index in [0.29, 0.717) is 0 Å². The molecule has 0 radical (unpaired) electrons. The highest BCUT2D eigenvalue weighted by molar-refractivity contribution is 6.89. The number of aryl methyl sites for hydroxylation is 2. The molecule has 0 fully saturated rings. The van der Waals surface area contributed by atoms with Gasteiger partial charge in [-0.05, 0) is 13.8 Å². The predicted octanol–water partition coefficient (Wildman–Crippen LogP) is 2.42. The summed E-state index contributed by atoms with van der Waals surface area (Å²) in [7, 11) is -1.21. The molecule has 2 rings (SSSR count). The number of rotatable bonds is 3. The van der Waals surface area contributed by atoms with Crippen LogP contribution in [0, 0.1) is 13.8 Å². The fourth-order valence-electron chi connectivity index (χ4n) is 1.97. The molecule has 0 saturated carbocycles. The second-order valence-electron chi connectivity index (χ2n) is 4.53. The lowest BCUT2D eigenvalue weighted by Crippen LogP contribution is -2.44. The quantitative estimate of drug-likeness (QED) is 0.587. The Hall–Kier alpha value is -1.05. The van der Waals surface area contributed by atoms with Crippen LogP contribution in [-0.4, -0.2) is 14.3 Å². The largest absolute Gasteiger partial charge is 0.130 e. The molecule has 0 spiro atoms. The van der Waals surface area contributed by atoms with Crippen LogP contribution in [0.15, 0.2) is 48.5 Å². The highest BCUT2D eigenvalue weighted by atomic mass is 35.5. The summed E-state index contributed by atoms with van der Waals surface area (Å²) in [6, 6.07) is 17.6.